The highest BCUT2D eigenvalue weighted by atomic mass is 15.1. The van der Waals surface area contributed by atoms with Crippen LogP contribution < -0.4 is 5.32 Å². The van der Waals surface area contributed by atoms with Crippen molar-refractivity contribution in [3.63, 3.8) is 0 Å². The van der Waals surface area contributed by atoms with E-state index >= 15 is 0 Å². The number of nitrogens with zero attached hydrogens (tertiary/aromatic N) is 2. The van der Waals surface area contributed by atoms with E-state index in [0.29, 0.717) is 6.04 Å². The normalized spacial score (nSPS) is 24.6. The molecule has 0 aliphatic heterocycles. The van der Waals surface area contributed by atoms with Gasteiger partial charge in [-0.2, -0.15) is 10.2 Å². The Labute approximate surface area is 123 Å². The molecule has 1 aromatic rings. The van der Waals surface area contributed by atoms with Gasteiger partial charge in [0.05, 0.1) is 11.4 Å². The van der Waals surface area contributed by atoms with E-state index in [1.165, 1.54) is 36.9 Å². The summed E-state index contributed by atoms with van der Waals surface area (Å²) in [6.07, 6.45) is 6.40. The lowest BCUT2D eigenvalue weighted by Gasteiger charge is -2.34. The maximum atomic E-state index is 4.42. The Hall–Kier alpha value is -0.960. The Morgan fingerprint density at radius 2 is 2.10 bits per heavy atom. The van der Waals surface area contributed by atoms with E-state index in [1.54, 1.807) is 0 Å². The molecule has 1 fully saturated rings. The number of aryl methyl sites for hydroxylation is 2. The zero-order valence-electron chi connectivity index (χ0n) is 13.4. The third kappa shape index (κ3) is 3.57. The quantitative estimate of drug-likeness (QED) is 0.887. The van der Waals surface area contributed by atoms with E-state index in [-0.39, 0.29) is 0 Å². The molecule has 3 heteroatoms. The molecule has 1 aliphatic rings. The Kier molecular flexibility index (Phi) is 5.53. The molecular weight excluding hydrogens is 246 g/mol. The molecule has 0 aromatic carbocycles. The van der Waals surface area contributed by atoms with Crippen molar-refractivity contribution in [1.29, 1.82) is 0 Å². The first-order valence-corrected chi connectivity index (χ1v) is 8.22. The number of rotatable bonds is 5. The zero-order valence-corrected chi connectivity index (χ0v) is 13.4. The molecule has 3 nitrogen and oxygen atoms in total. The third-order valence-corrected chi connectivity index (χ3v) is 4.57. The molecule has 1 saturated carbocycles. The predicted molar refractivity (Wildman–Crippen MR) is 83.7 cm³/mol. The van der Waals surface area contributed by atoms with Crippen molar-refractivity contribution in [1.82, 2.24) is 15.5 Å². The second kappa shape index (κ2) is 7.16. The Morgan fingerprint density at radius 3 is 2.75 bits per heavy atom. The van der Waals surface area contributed by atoms with Crippen LogP contribution in [0.2, 0.25) is 0 Å². The van der Waals surface area contributed by atoms with Gasteiger partial charge < -0.3 is 5.32 Å². The van der Waals surface area contributed by atoms with Crippen LogP contribution in [-0.2, 0) is 6.42 Å². The minimum absolute atomic E-state index is 0.451. The fourth-order valence-electron chi connectivity index (χ4n) is 3.61. The smallest absolute Gasteiger partial charge is 0.0676 e. The maximum Gasteiger partial charge on any atom is 0.0676 e. The number of aromatic nitrogens is 2. The summed E-state index contributed by atoms with van der Waals surface area (Å²) in [5.41, 5.74) is 3.59. The van der Waals surface area contributed by atoms with E-state index in [9.17, 15) is 0 Å². The topological polar surface area (TPSA) is 37.8 Å². The second-order valence-corrected chi connectivity index (χ2v) is 6.31. The summed E-state index contributed by atoms with van der Waals surface area (Å²) >= 11 is 0. The number of hydrogen-bond acceptors (Lipinski definition) is 3. The maximum absolute atomic E-state index is 4.42. The van der Waals surface area contributed by atoms with Crippen molar-refractivity contribution in [2.24, 2.45) is 11.8 Å². The summed E-state index contributed by atoms with van der Waals surface area (Å²) in [5.74, 6) is 1.60. The molecule has 0 amide bonds. The van der Waals surface area contributed by atoms with Crippen molar-refractivity contribution >= 4 is 0 Å². The standard InChI is InChI=1S/C17H29N3/c1-5-16-15(11-13(4)19-20-16)17(18-6-2)14-9-7-8-12(3)10-14/h11-12,14,17-18H,5-10H2,1-4H3. The van der Waals surface area contributed by atoms with Gasteiger partial charge >= 0.3 is 0 Å². The summed E-state index contributed by atoms with van der Waals surface area (Å²) in [6, 6.07) is 2.70. The van der Waals surface area contributed by atoms with Gasteiger partial charge in [0.15, 0.2) is 0 Å². The van der Waals surface area contributed by atoms with E-state index in [0.717, 1.165) is 30.5 Å². The molecule has 1 aromatic heterocycles. The van der Waals surface area contributed by atoms with Crippen molar-refractivity contribution in [2.75, 3.05) is 6.54 Å². The average molecular weight is 275 g/mol. The molecule has 3 unspecified atom stereocenters. The lowest BCUT2D eigenvalue weighted by Crippen LogP contribution is -2.32. The molecule has 0 spiro atoms. The van der Waals surface area contributed by atoms with Gasteiger partial charge in [-0.1, -0.05) is 33.6 Å². The molecule has 1 N–H and O–H groups in total. The van der Waals surface area contributed by atoms with Gasteiger partial charge in [0.25, 0.3) is 0 Å². The summed E-state index contributed by atoms with van der Waals surface area (Å²) < 4.78 is 0. The van der Waals surface area contributed by atoms with E-state index in [1.807, 2.05) is 6.92 Å². The Morgan fingerprint density at radius 1 is 1.30 bits per heavy atom. The first-order chi connectivity index (χ1) is 9.65. The van der Waals surface area contributed by atoms with Crippen molar-refractivity contribution < 1.29 is 0 Å². The van der Waals surface area contributed by atoms with Crippen molar-refractivity contribution in [3.05, 3.63) is 23.0 Å². The molecule has 1 heterocycles. The SMILES string of the molecule is CCNC(c1cc(C)nnc1CC)C1CCCC(C)C1. The van der Waals surface area contributed by atoms with Crippen LogP contribution in [0.5, 0.6) is 0 Å². The zero-order chi connectivity index (χ0) is 14.5. The summed E-state index contributed by atoms with van der Waals surface area (Å²) in [7, 11) is 0. The molecule has 112 valence electrons. The highest BCUT2D eigenvalue weighted by Gasteiger charge is 2.29. The molecule has 0 bridgehead atoms. The number of nitrogens with one attached hydrogen (secondary N) is 1. The van der Waals surface area contributed by atoms with E-state index < -0.39 is 0 Å². The van der Waals surface area contributed by atoms with Gasteiger partial charge in [-0.05, 0) is 56.2 Å². The summed E-state index contributed by atoms with van der Waals surface area (Å²) in [4.78, 5) is 0. The van der Waals surface area contributed by atoms with Crippen LogP contribution in [0.25, 0.3) is 0 Å². The minimum atomic E-state index is 0.451. The highest BCUT2D eigenvalue weighted by Crippen LogP contribution is 2.37. The van der Waals surface area contributed by atoms with Crippen LogP contribution in [-0.4, -0.2) is 16.7 Å². The van der Waals surface area contributed by atoms with Crippen LogP contribution in [0.1, 0.15) is 69.4 Å². The van der Waals surface area contributed by atoms with Gasteiger partial charge in [-0.15, -0.1) is 0 Å². The molecular formula is C17H29N3. The van der Waals surface area contributed by atoms with Gasteiger partial charge in [0.2, 0.25) is 0 Å². The molecule has 20 heavy (non-hydrogen) atoms. The lowest BCUT2D eigenvalue weighted by atomic mass is 9.76. The Balaban J connectivity index is 2.29. The molecule has 2 rings (SSSR count). The Bertz CT molecular complexity index is 430. The monoisotopic (exact) mass is 275 g/mol. The molecule has 0 radical (unpaired) electrons. The van der Waals surface area contributed by atoms with E-state index in [2.05, 4.69) is 42.4 Å². The number of hydrogen-bond donors (Lipinski definition) is 1. The fourth-order valence-corrected chi connectivity index (χ4v) is 3.61. The van der Waals surface area contributed by atoms with Crippen molar-refractivity contribution in [3.8, 4) is 0 Å². The summed E-state index contributed by atoms with van der Waals surface area (Å²) in [5, 5.41) is 12.4. The average Bonchev–Trinajstić information content (AvgIpc) is 2.44. The van der Waals surface area contributed by atoms with Crippen LogP contribution in [0.15, 0.2) is 6.07 Å². The van der Waals surface area contributed by atoms with Gasteiger partial charge in [0.1, 0.15) is 0 Å². The lowest BCUT2D eigenvalue weighted by molar-refractivity contribution is 0.224. The van der Waals surface area contributed by atoms with Gasteiger partial charge in [-0.3, -0.25) is 0 Å². The van der Waals surface area contributed by atoms with Crippen LogP contribution >= 0.6 is 0 Å². The molecule has 3 atom stereocenters. The largest absolute Gasteiger partial charge is 0.310 e. The highest BCUT2D eigenvalue weighted by molar-refractivity contribution is 5.25. The van der Waals surface area contributed by atoms with Crippen LogP contribution in [0, 0.1) is 18.8 Å². The first kappa shape index (κ1) is 15.4. The molecule has 0 saturated heterocycles. The van der Waals surface area contributed by atoms with Crippen LogP contribution in [0.4, 0.5) is 0 Å². The minimum Gasteiger partial charge on any atom is -0.310 e. The third-order valence-electron chi connectivity index (χ3n) is 4.57. The first-order valence-electron chi connectivity index (χ1n) is 8.22. The summed E-state index contributed by atoms with van der Waals surface area (Å²) in [6.45, 7) is 9.83. The van der Waals surface area contributed by atoms with Gasteiger partial charge in [-0.25, -0.2) is 0 Å². The van der Waals surface area contributed by atoms with Crippen LogP contribution in [0.3, 0.4) is 0 Å². The van der Waals surface area contributed by atoms with E-state index in [4.69, 9.17) is 0 Å². The van der Waals surface area contributed by atoms with Crippen molar-refractivity contribution in [2.45, 2.75) is 65.8 Å². The second-order valence-electron chi connectivity index (χ2n) is 6.31. The van der Waals surface area contributed by atoms with Gasteiger partial charge in [0, 0.05) is 6.04 Å². The fraction of sp³-hybridized carbons (Fsp3) is 0.765. The molecule has 1 aliphatic carbocycles. The predicted octanol–water partition coefficient (Wildman–Crippen LogP) is 3.82.